The Balaban J connectivity index is 2.35. The van der Waals surface area contributed by atoms with Crippen LogP contribution in [0.1, 0.15) is 25.0 Å². The fourth-order valence-corrected chi connectivity index (χ4v) is 4.28. The first-order valence-electron chi connectivity index (χ1n) is 7.86. The zero-order chi connectivity index (χ0) is 16.3. The molecule has 0 unspecified atom stereocenters. The lowest BCUT2D eigenvalue weighted by Gasteiger charge is -2.33. The summed E-state index contributed by atoms with van der Waals surface area (Å²) in [7, 11) is -3.50. The maximum Gasteiger partial charge on any atom is 0.246 e. The van der Waals surface area contributed by atoms with Crippen LogP contribution >= 0.6 is 0 Å². The van der Waals surface area contributed by atoms with Crippen LogP contribution in [0, 0.1) is 13.8 Å². The maximum atomic E-state index is 13.0. The van der Waals surface area contributed by atoms with Crippen molar-refractivity contribution < 1.29 is 13.2 Å². The van der Waals surface area contributed by atoms with E-state index in [0.29, 0.717) is 30.3 Å². The van der Waals surface area contributed by atoms with Crippen LogP contribution < -0.4 is 4.74 Å². The van der Waals surface area contributed by atoms with E-state index < -0.39 is 10.0 Å². The topological polar surface area (TPSA) is 49.9 Å². The summed E-state index contributed by atoms with van der Waals surface area (Å²) in [5.74, 6) is 0.462. The van der Waals surface area contributed by atoms with Gasteiger partial charge in [-0.25, -0.2) is 8.42 Å². The van der Waals surface area contributed by atoms with Crippen molar-refractivity contribution in [3.8, 4) is 5.75 Å². The minimum atomic E-state index is -3.50. The fourth-order valence-electron chi connectivity index (χ4n) is 2.66. The highest BCUT2D eigenvalue weighted by atomic mass is 32.2. The summed E-state index contributed by atoms with van der Waals surface area (Å²) >= 11 is 0. The Labute approximate surface area is 133 Å². The van der Waals surface area contributed by atoms with Crippen LogP contribution in [0.15, 0.2) is 17.0 Å². The van der Waals surface area contributed by atoms with Crippen molar-refractivity contribution in [1.82, 2.24) is 9.21 Å². The Bertz CT molecular complexity index is 621. The van der Waals surface area contributed by atoms with Gasteiger partial charge in [0, 0.05) is 26.2 Å². The molecule has 0 atom stereocenters. The molecule has 2 rings (SSSR count). The molecule has 1 aromatic rings. The van der Waals surface area contributed by atoms with Gasteiger partial charge < -0.3 is 9.64 Å². The number of sulfonamides is 1. The number of nitrogens with zero attached hydrogens (tertiary/aromatic N) is 2. The molecule has 6 heteroatoms. The first kappa shape index (κ1) is 17.2. The molecule has 0 amide bonds. The summed E-state index contributed by atoms with van der Waals surface area (Å²) in [6.45, 7) is 11.9. The van der Waals surface area contributed by atoms with E-state index in [1.807, 2.05) is 26.8 Å². The van der Waals surface area contributed by atoms with Gasteiger partial charge in [-0.15, -0.1) is 0 Å². The van der Waals surface area contributed by atoms with Crippen LogP contribution in [-0.4, -0.2) is 57.0 Å². The molecule has 1 aliphatic heterocycles. The average molecular weight is 326 g/mol. The minimum absolute atomic E-state index is 0.294. The second-order valence-corrected chi connectivity index (χ2v) is 7.56. The predicted molar refractivity (Wildman–Crippen MR) is 88.0 cm³/mol. The van der Waals surface area contributed by atoms with Gasteiger partial charge in [-0.1, -0.05) is 6.92 Å². The van der Waals surface area contributed by atoms with Crippen molar-refractivity contribution >= 4 is 10.0 Å². The summed E-state index contributed by atoms with van der Waals surface area (Å²) in [5.41, 5.74) is 2.01. The third-order valence-corrected chi connectivity index (χ3v) is 6.18. The SMILES string of the molecule is CCOc1cc(C)c(C)cc1S(=O)(=O)N1CCN(CC)CC1. The van der Waals surface area contributed by atoms with Crippen LogP contribution in [0.25, 0.3) is 0 Å². The molecule has 1 fully saturated rings. The molecular weight excluding hydrogens is 300 g/mol. The van der Waals surface area contributed by atoms with Crippen LogP contribution in [-0.2, 0) is 10.0 Å². The van der Waals surface area contributed by atoms with Gasteiger partial charge in [-0.2, -0.15) is 4.31 Å². The lowest BCUT2D eigenvalue weighted by Crippen LogP contribution is -2.48. The van der Waals surface area contributed by atoms with Crippen molar-refractivity contribution in [3.05, 3.63) is 23.3 Å². The number of ether oxygens (including phenoxy) is 1. The number of piperazine rings is 1. The number of likely N-dealkylation sites (N-methyl/N-ethyl adjacent to an activating group) is 1. The molecule has 0 N–H and O–H groups in total. The van der Waals surface area contributed by atoms with Gasteiger partial charge in [0.2, 0.25) is 10.0 Å². The Hall–Kier alpha value is -1.11. The molecule has 1 heterocycles. The predicted octanol–water partition coefficient (Wildman–Crippen LogP) is 2.03. The monoisotopic (exact) mass is 326 g/mol. The molecular formula is C16H26N2O3S. The highest BCUT2D eigenvalue weighted by Crippen LogP contribution is 2.30. The summed E-state index contributed by atoms with van der Waals surface area (Å²) in [5, 5.41) is 0. The van der Waals surface area contributed by atoms with Crippen molar-refractivity contribution in [2.75, 3.05) is 39.3 Å². The molecule has 1 aliphatic rings. The molecule has 0 radical (unpaired) electrons. The standard InChI is InChI=1S/C16H26N2O3S/c1-5-17-7-9-18(10-8-17)22(19,20)16-12-14(4)13(3)11-15(16)21-6-2/h11-12H,5-10H2,1-4H3. The second-order valence-electron chi connectivity index (χ2n) is 5.65. The second kappa shape index (κ2) is 6.98. The molecule has 5 nitrogen and oxygen atoms in total. The largest absolute Gasteiger partial charge is 0.492 e. The van der Waals surface area contributed by atoms with E-state index in [1.165, 1.54) is 0 Å². The highest BCUT2D eigenvalue weighted by molar-refractivity contribution is 7.89. The first-order valence-corrected chi connectivity index (χ1v) is 9.30. The summed E-state index contributed by atoms with van der Waals surface area (Å²) in [6, 6.07) is 3.57. The highest BCUT2D eigenvalue weighted by Gasteiger charge is 2.30. The number of rotatable bonds is 5. The normalized spacial score (nSPS) is 17.6. The Morgan fingerprint density at radius 2 is 1.64 bits per heavy atom. The quantitative estimate of drug-likeness (QED) is 0.831. The van der Waals surface area contributed by atoms with Crippen molar-refractivity contribution in [2.45, 2.75) is 32.6 Å². The molecule has 22 heavy (non-hydrogen) atoms. The molecule has 1 aromatic carbocycles. The lowest BCUT2D eigenvalue weighted by molar-refractivity contribution is 0.196. The Morgan fingerprint density at radius 3 is 2.18 bits per heavy atom. The van der Waals surface area contributed by atoms with Crippen LogP contribution in [0.2, 0.25) is 0 Å². The molecule has 124 valence electrons. The van der Waals surface area contributed by atoms with E-state index >= 15 is 0 Å². The van der Waals surface area contributed by atoms with Crippen molar-refractivity contribution in [1.29, 1.82) is 0 Å². The third-order valence-electron chi connectivity index (χ3n) is 4.26. The molecule has 0 bridgehead atoms. The molecule has 1 saturated heterocycles. The van der Waals surface area contributed by atoms with E-state index in [9.17, 15) is 8.42 Å². The first-order chi connectivity index (χ1) is 10.4. The third kappa shape index (κ3) is 3.45. The van der Waals surface area contributed by atoms with Gasteiger partial charge in [-0.05, 0) is 50.6 Å². The average Bonchev–Trinajstić information content (AvgIpc) is 2.51. The van der Waals surface area contributed by atoms with E-state index in [2.05, 4.69) is 11.8 Å². The van der Waals surface area contributed by atoms with Gasteiger partial charge in [0.25, 0.3) is 0 Å². The van der Waals surface area contributed by atoms with Crippen LogP contribution in [0.3, 0.4) is 0 Å². The molecule has 0 spiro atoms. The summed E-state index contributed by atoms with van der Waals surface area (Å²) in [6.07, 6.45) is 0. The summed E-state index contributed by atoms with van der Waals surface area (Å²) < 4.78 is 33.1. The van der Waals surface area contributed by atoms with E-state index in [4.69, 9.17) is 4.74 Å². The number of benzene rings is 1. The number of aryl methyl sites for hydroxylation is 2. The van der Waals surface area contributed by atoms with Gasteiger partial charge in [-0.3, -0.25) is 0 Å². The smallest absolute Gasteiger partial charge is 0.246 e. The van der Waals surface area contributed by atoms with Crippen molar-refractivity contribution in [3.63, 3.8) is 0 Å². The minimum Gasteiger partial charge on any atom is -0.492 e. The molecule has 0 saturated carbocycles. The zero-order valence-corrected chi connectivity index (χ0v) is 14.7. The van der Waals surface area contributed by atoms with E-state index in [-0.39, 0.29) is 0 Å². The van der Waals surface area contributed by atoms with Gasteiger partial charge in [0.15, 0.2) is 0 Å². The van der Waals surface area contributed by atoms with Crippen molar-refractivity contribution in [2.24, 2.45) is 0 Å². The van der Waals surface area contributed by atoms with E-state index in [1.54, 1.807) is 10.4 Å². The maximum absolute atomic E-state index is 13.0. The van der Waals surface area contributed by atoms with Crippen LogP contribution in [0.5, 0.6) is 5.75 Å². The number of hydrogen-bond donors (Lipinski definition) is 0. The molecule has 0 aliphatic carbocycles. The van der Waals surface area contributed by atoms with Crippen LogP contribution in [0.4, 0.5) is 0 Å². The Kier molecular flexibility index (Phi) is 5.47. The fraction of sp³-hybridized carbons (Fsp3) is 0.625. The lowest BCUT2D eigenvalue weighted by atomic mass is 10.1. The van der Waals surface area contributed by atoms with Gasteiger partial charge >= 0.3 is 0 Å². The van der Waals surface area contributed by atoms with Gasteiger partial charge in [0.1, 0.15) is 10.6 Å². The molecule has 0 aromatic heterocycles. The zero-order valence-electron chi connectivity index (χ0n) is 13.9. The Morgan fingerprint density at radius 1 is 1.05 bits per heavy atom. The van der Waals surface area contributed by atoms with E-state index in [0.717, 1.165) is 30.8 Å². The number of hydrogen-bond acceptors (Lipinski definition) is 4. The summed E-state index contributed by atoms with van der Waals surface area (Å²) in [4.78, 5) is 2.55. The van der Waals surface area contributed by atoms with Gasteiger partial charge in [0.05, 0.1) is 6.61 Å².